The first-order chi connectivity index (χ1) is 8.41. The van der Waals surface area contributed by atoms with Gasteiger partial charge in [-0.1, -0.05) is 18.6 Å². The number of carbonyl (C=O) groups excluding carboxylic acids is 1. The quantitative estimate of drug-likeness (QED) is 0.846. The highest BCUT2D eigenvalue weighted by atomic mass is 19.1. The summed E-state index contributed by atoms with van der Waals surface area (Å²) in [4.78, 5) is 12.0. The first-order valence-corrected chi connectivity index (χ1v) is 6.11. The highest BCUT2D eigenvalue weighted by Crippen LogP contribution is 2.16. The lowest BCUT2D eigenvalue weighted by Crippen LogP contribution is -2.46. The molecule has 4 heteroatoms. The van der Waals surface area contributed by atoms with E-state index in [0.29, 0.717) is 12.8 Å². The molecule has 0 aliphatic rings. The number of aliphatic hydroxyl groups is 1. The zero-order valence-electron chi connectivity index (χ0n) is 11.1. The molecule has 0 aliphatic carbocycles. The predicted molar refractivity (Wildman–Crippen MR) is 69.0 cm³/mol. The zero-order valence-corrected chi connectivity index (χ0v) is 11.1. The zero-order chi connectivity index (χ0) is 13.8. The van der Waals surface area contributed by atoms with Gasteiger partial charge in [-0.05, 0) is 38.8 Å². The number of aryl methyl sites for hydroxylation is 1. The first kappa shape index (κ1) is 14.6. The van der Waals surface area contributed by atoms with Gasteiger partial charge in [0.25, 0.3) is 5.91 Å². The van der Waals surface area contributed by atoms with Crippen molar-refractivity contribution in [2.24, 2.45) is 0 Å². The van der Waals surface area contributed by atoms with Crippen LogP contribution in [0.4, 0.5) is 4.39 Å². The maximum atomic E-state index is 13.6. The van der Waals surface area contributed by atoms with Crippen molar-refractivity contribution in [3.63, 3.8) is 0 Å². The number of hydrogen-bond donors (Lipinski definition) is 2. The van der Waals surface area contributed by atoms with Crippen LogP contribution in [0.1, 0.15) is 42.6 Å². The van der Waals surface area contributed by atoms with Crippen LogP contribution < -0.4 is 5.32 Å². The second kappa shape index (κ2) is 5.96. The van der Waals surface area contributed by atoms with Crippen LogP contribution in [0.5, 0.6) is 0 Å². The van der Waals surface area contributed by atoms with Gasteiger partial charge in [0.2, 0.25) is 0 Å². The van der Waals surface area contributed by atoms with E-state index in [2.05, 4.69) is 5.32 Å². The largest absolute Gasteiger partial charge is 0.396 e. The highest BCUT2D eigenvalue weighted by molar-refractivity contribution is 5.95. The third-order valence-electron chi connectivity index (χ3n) is 3.23. The number of hydrogen-bond acceptors (Lipinski definition) is 2. The van der Waals surface area contributed by atoms with Gasteiger partial charge in [0.15, 0.2) is 0 Å². The van der Waals surface area contributed by atoms with Crippen LogP contribution >= 0.6 is 0 Å². The lowest BCUT2D eigenvalue weighted by Gasteiger charge is -2.29. The van der Waals surface area contributed by atoms with Crippen molar-refractivity contribution >= 4 is 5.91 Å². The topological polar surface area (TPSA) is 49.3 Å². The summed E-state index contributed by atoms with van der Waals surface area (Å²) in [5.74, 6) is -0.963. The van der Waals surface area contributed by atoms with E-state index in [-0.39, 0.29) is 12.2 Å². The van der Waals surface area contributed by atoms with E-state index in [1.54, 1.807) is 6.07 Å². The Morgan fingerprint density at radius 1 is 1.50 bits per heavy atom. The molecule has 0 saturated carbocycles. The molecule has 0 aliphatic heterocycles. The van der Waals surface area contributed by atoms with Crippen LogP contribution in [-0.4, -0.2) is 23.2 Å². The van der Waals surface area contributed by atoms with Gasteiger partial charge in [0, 0.05) is 12.1 Å². The van der Waals surface area contributed by atoms with Crippen molar-refractivity contribution in [2.45, 2.75) is 39.2 Å². The van der Waals surface area contributed by atoms with Gasteiger partial charge < -0.3 is 10.4 Å². The number of nitrogens with one attached hydrogen (secondary N) is 1. The van der Waals surface area contributed by atoms with Crippen LogP contribution in [0.25, 0.3) is 0 Å². The molecule has 0 fully saturated rings. The van der Waals surface area contributed by atoms with Crippen molar-refractivity contribution in [3.05, 3.63) is 35.1 Å². The number of amides is 1. The monoisotopic (exact) mass is 253 g/mol. The Labute approximate surface area is 107 Å². The maximum absolute atomic E-state index is 13.6. The van der Waals surface area contributed by atoms with E-state index >= 15 is 0 Å². The maximum Gasteiger partial charge on any atom is 0.254 e. The summed E-state index contributed by atoms with van der Waals surface area (Å²) in [7, 11) is 0. The molecule has 3 nitrogen and oxygen atoms in total. The van der Waals surface area contributed by atoms with E-state index in [9.17, 15) is 9.18 Å². The number of carbonyl (C=O) groups is 1. The minimum atomic E-state index is -0.527. The van der Waals surface area contributed by atoms with Crippen LogP contribution in [0.15, 0.2) is 18.2 Å². The molecule has 1 unspecified atom stereocenters. The molecule has 0 spiro atoms. The van der Waals surface area contributed by atoms with E-state index in [0.717, 1.165) is 5.56 Å². The average molecular weight is 253 g/mol. The van der Waals surface area contributed by atoms with Gasteiger partial charge in [0.1, 0.15) is 5.82 Å². The number of aliphatic hydroxyl groups excluding tert-OH is 1. The van der Waals surface area contributed by atoms with Gasteiger partial charge >= 0.3 is 0 Å². The van der Waals surface area contributed by atoms with Crippen molar-refractivity contribution in [3.8, 4) is 0 Å². The molecule has 2 N–H and O–H groups in total. The molecule has 0 radical (unpaired) electrons. The molecule has 1 aromatic rings. The van der Waals surface area contributed by atoms with E-state index in [1.807, 2.05) is 20.8 Å². The first-order valence-electron chi connectivity index (χ1n) is 6.11. The Balaban J connectivity index is 2.90. The van der Waals surface area contributed by atoms with Crippen LogP contribution in [0.3, 0.4) is 0 Å². The summed E-state index contributed by atoms with van der Waals surface area (Å²) < 4.78 is 13.6. The predicted octanol–water partition coefficient (Wildman–Crippen LogP) is 2.42. The molecule has 0 aromatic heterocycles. The summed E-state index contributed by atoms with van der Waals surface area (Å²) >= 11 is 0. The molecular formula is C14H20FNO2. The van der Waals surface area contributed by atoms with Crippen molar-refractivity contribution in [2.75, 3.05) is 6.61 Å². The minimum absolute atomic E-state index is 0.0130. The van der Waals surface area contributed by atoms with Crippen molar-refractivity contribution in [1.29, 1.82) is 0 Å². The summed E-state index contributed by atoms with van der Waals surface area (Å²) in [5.41, 5.74) is 0.372. The Morgan fingerprint density at radius 2 is 2.17 bits per heavy atom. The fourth-order valence-electron chi connectivity index (χ4n) is 1.73. The molecule has 1 atom stereocenters. The lowest BCUT2D eigenvalue weighted by molar-refractivity contribution is 0.0882. The number of benzene rings is 1. The Kier molecular flexibility index (Phi) is 4.84. The normalized spacial score (nSPS) is 14.1. The van der Waals surface area contributed by atoms with Gasteiger partial charge in [-0.3, -0.25) is 4.79 Å². The molecule has 0 bridgehead atoms. The molecule has 100 valence electrons. The average Bonchev–Trinajstić information content (AvgIpc) is 2.32. The summed E-state index contributed by atoms with van der Waals surface area (Å²) in [6, 6.07) is 4.44. The lowest BCUT2D eigenvalue weighted by atomic mass is 9.94. The molecular weight excluding hydrogens is 233 g/mol. The highest BCUT2D eigenvalue weighted by Gasteiger charge is 2.25. The smallest absolute Gasteiger partial charge is 0.254 e. The molecule has 0 heterocycles. The van der Waals surface area contributed by atoms with Crippen LogP contribution in [-0.2, 0) is 0 Å². The fourth-order valence-corrected chi connectivity index (χ4v) is 1.73. The van der Waals surface area contributed by atoms with Gasteiger partial charge in [-0.15, -0.1) is 0 Å². The van der Waals surface area contributed by atoms with Crippen molar-refractivity contribution < 1.29 is 14.3 Å². The molecule has 0 saturated heterocycles. The Hall–Kier alpha value is -1.42. The van der Waals surface area contributed by atoms with E-state index in [4.69, 9.17) is 5.11 Å². The van der Waals surface area contributed by atoms with Crippen LogP contribution in [0.2, 0.25) is 0 Å². The van der Waals surface area contributed by atoms with E-state index in [1.165, 1.54) is 12.1 Å². The standard InChI is InChI=1S/C14H20FNO2/c1-4-14(3,7-8-17)16-13(18)11-9-10(2)5-6-12(11)15/h5-6,9,17H,4,7-8H2,1-3H3,(H,16,18). The third-order valence-corrected chi connectivity index (χ3v) is 3.23. The summed E-state index contributed by atoms with van der Waals surface area (Å²) in [6.07, 6.45) is 1.12. The second-order valence-corrected chi connectivity index (χ2v) is 4.83. The molecule has 18 heavy (non-hydrogen) atoms. The molecule has 1 rings (SSSR count). The van der Waals surface area contributed by atoms with E-state index < -0.39 is 17.3 Å². The van der Waals surface area contributed by atoms with Gasteiger partial charge in [-0.25, -0.2) is 4.39 Å². The molecule has 1 amide bonds. The van der Waals surface area contributed by atoms with Crippen LogP contribution in [0, 0.1) is 12.7 Å². The van der Waals surface area contributed by atoms with Gasteiger partial charge in [-0.2, -0.15) is 0 Å². The molecule has 1 aromatic carbocycles. The Bertz CT molecular complexity index is 434. The Morgan fingerprint density at radius 3 is 2.72 bits per heavy atom. The number of halogens is 1. The second-order valence-electron chi connectivity index (χ2n) is 4.83. The van der Waals surface area contributed by atoms with Crippen molar-refractivity contribution in [1.82, 2.24) is 5.32 Å². The third kappa shape index (κ3) is 3.53. The number of rotatable bonds is 5. The SMILES string of the molecule is CCC(C)(CCO)NC(=O)c1cc(C)ccc1F. The fraction of sp³-hybridized carbons (Fsp3) is 0.500. The summed E-state index contributed by atoms with van der Waals surface area (Å²) in [6.45, 7) is 5.56. The summed E-state index contributed by atoms with van der Waals surface area (Å²) in [5, 5.41) is 11.8. The minimum Gasteiger partial charge on any atom is -0.396 e. The van der Waals surface area contributed by atoms with Gasteiger partial charge in [0.05, 0.1) is 5.56 Å².